The predicted octanol–water partition coefficient (Wildman–Crippen LogP) is 0.864. The average molecular weight is 761 g/mol. The monoisotopic (exact) mass is 760 g/mol. The molecule has 19 nitrogen and oxygen atoms in total. The lowest BCUT2D eigenvalue weighted by Gasteiger charge is -2.42. The van der Waals surface area contributed by atoms with Crippen LogP contribution >= 0.6 is 0 Å². The van der Waals surface area contributed by atoms with Crippen molar-refractivity contribution in [3.8, 4) is 17.2 Å². The summed E-state index contributed by atoms with van der Waals surface area (Å²) in [6.07, 6.45) is -6.31. The van der Waals surface area contributed by atoms with Crippen LogP contribution < -0.4 is 10.5 Å². The van der Waals surface area contributed by atoms with Crippen molar-refractivity contribution in [1.82, 2.24) is 0 Å². The van der Waals surface area contributed by atoms with E-state index in [-0.39, 0.29) is 60.5 Å². The second-order valence-electron chi connectivity index (χ2n) is 13.1. The molecule has 1 heterocycles. The van der Waals surface area contributed by atoms with Gasteiger partial charge >= 0.3 is 11.9 Å². The Bertz CT molecular complexity index is 1830. The number of Topliss-reactive ketones (excluding diaryl/α,β-unsaturated/α-hetero) is 1. The van der Waals surface area contributed by atoms with Crippen molar-refractivity contribution in [2.24, 2.45) is 5.73 Å². The van der Waals surface area contributed by atoms with E-state index in [1.807, 2.05) is 0 Å². The minimum atomic E-state index is -2.45. The van der Waals surface area contributed by atoms with Crippen LogP contribution in [0.2, 0.25) is 0 Å². The third-order valence-corrected chi connectivity index (χ3v) is 9.56. The Labute approximate surface area is 306 Å². The smallest absolute Gasteiger partial charge is 0.306 e. The minimum Gasteiger partial charge on any atom is -0.507 e. The van der Waals surface area contributed by atoms with Gasteiger partial charge in [0.15, 0.2) is 18.7 Å². The lowest BCUT2D eigenvalue weighted by molar-refractivity contribution is -0.757. The lowest BCUT2D eigenvalue weighted by atomic mass is 9.72. The summed E-state index contributed by atoms with van der Waals surface area (Å²) >= 11 is 0. The maximum absolute atomic E-state index is 13.9. The maximum Gasteiger partial charge on any atom is 0.306 e. The number of hydrogen-bond acceptors (Lipinski definition) is 18. The number of esters is 2. The van der Waals surface area contributed by atoms with Crippen LogP contribution in [0.25, 0.3) is 0 Å². The Hall–Kier alpha value is -5.21. The molecule has 5 rings (SSSR count). The molecule has 0 bridgehead atoms. The van der Waals surface area contributed by atoms with Crippen LogP contribution in [0, 0.1) is 10.1 Å². The largest absolute Gasteiger partial charge is 0.507 e. The summed E-state index contributed by atoms with van der Waals surface area (Å²) in [4.78, 5) is 80.0. The van der Waals surface area contributed by atoms with Crippen LogP contribution in [0.1, 0.15) is 94.5 Å². The molecule has 3 aliphatic rings. The number of aliphatic hydroxyl groups is 2. The SMILES string of the molecule is COc1cccc2c1C(=O)c1c(O)c3c(c(O)c1C2=O)C[C@@](O)(C(=O)COC(=O)CCC(=O)OCCCCO[N+](=O)[O-])C[C@@H]3O[C@H]1C[C@H](N)[C@H](O)[C@H](C)O1. The highest BCUT2D eigenvalue weighted by Crippen LogP contribution is 2.52. The summed E-state index contributed by atoms with van der Waals surface area (Å²) in [5.41, 5.74) is 1.75. The van der Waals surface area contributed by atoms with Gasteiger partial charge in [0.25, 0.3) is 5.09 Å². The van der Waals surface area contributed by atoms with Crippen LogP contribution in [0.5, 0.6) is 17.2 Å². The molecular weight excluding hydrogens is 720 g/mol. The minimum absolute atomic E-state index is 0.0439. The molecule has 2 aliphatic carbocycles. The number of nitrogens with two attached hydrogens (primary N) is 1. The van der Waals surface area contributed by atoms with E-state index in [2.05, 4.69) is 4.84 Å². The number of methoxy groups -OCH3 is 1. The van der Waals surface area contributed by atoms with Gasteiger partial charge in [0.1, 0.15) is 22.8 Å². The molecule has 0 radical (unpaired) electrons. The van der Waals surface area contributed by atoms with Gasteiger partial charge in [-0.25, -0.2) is 0 Å². The van der Waals surface area contributed by atoms with Gasteiger partial charge in [0.2, 0.25) is 11.6 Å². The number of carbonyl (C=O) groups excluding carboxylic acids is 5. The zero-order chi connectivity index (χ0) is 39.5. The Morgan fingerprint density at radius 2 is 1.69 bits per heavy atom. The number of nitrogens with zero attached hydrogens (tertiary/aromatic N) is 1. The fourth-order valence-corrected chi connectivity index (χ4v) is 6.76. The number of aliphatic hydroxyl groups excluding tert-OH is 1. The number of aromatic hydroxyl groups is 2. The molecule has 2 aromatic rings. The summed E-state index contributed by atoms with van der Waals surface area (Å²) in [5, 5.41) is 54.7. The summed E-state index contributed by atoms with van der Waals surface area (Å²) in [6.45, 7) is 0.301. The van der Waals surface area contributed by atoms with Gasteiger partial charge in [-0.05, 0) is 25.8 Å². The molecule has 1 fully saturated rings. The van der Waals surface area contributed by atoms with Gasteiger partial charge in [-0.3, -0.25) is 24.0 Å². The van der Waals surface area contributed by atoms with E-state index in [4.69, 9.17) is 29.4 Å². The van der Waals surface area contributed by atoms with Crippen LogP contribution in [0.15, 0.2) is 18.2 Å². The molecule has 0 amide bonds. The Morgan fingerprint density at radius 1 is 1.02 bits per heavy atom. The third-order valence-electron chi connectivity index (χ3n) is 9.56. The Kier molecular flexibility index (Phi) is 12.2. The van der Waals surface area contributed by atoms with Gasteiger partial charge < -0.3 is 54.7 Å². The van der Waals surface area contributed by atoms with Crippen LogP contribution in [0.4, 0.5) is 0 Å². The van der Waals surface area contributed by atoms with Crippen molar-refractivity contribution < 1.29 is 78.0 Å². The van der Waals surface area contributed by atoms with Crippen molar-refractivity contribution in [3.05, 3.63) is 61.7 Å². The van der Waals surface area contributed by atoms with E-state index < -0.39 is 126 Å². The zero-order valence-corrected chi connectivity index (χ0v) is 29.3. The Morgan fingerprint density at radius 3 is 2.35 bits per heavy atom. The fraction of sp³-hybridized carbons (Fsp3) is 0.514. The Balaban J connectivity index is 1.37. The number of fused-ring (bicyclic) bond motifs is 3. The van der Waals surface area contributed by atoms with Crippen molar-refractivity contribution in [2.45, 2.75) is 88.1 Å². The number of carbonyl (C=O) groups is 5. The van der Waals surface area contributed by atoms with Crippen molar-refractivity contribution in [1.29, 1.82) is 0 Å². The number of benzene rings is 2. The van der Waals surface area contributed by atoms with E-state index >= 15 is 0 Å². The first-order valence-electron chi connectivity index (χ1n) is 17.0. The summed E-state index contributed by atoms with van der Waals surface area (Å²) in [6, 6.07) is 3.43. The first kappa shape index (κ1) is 40.0. The first-order valence-corrected chi connectivity index (χ1v) is 17.0. The average Bonchev–Trinajstić information content (AvgIpc) is 3.13. The molecule has 6 N–H and O–H groups in total. The summed E-state index contributed by atoms with van der Waals surface area (Å²) in [5.74, 6) is -6.00. The maximum atomic E-state index is 13.9. The topological polar surface area (TPSA) is 291 Å². The van der Waals surface area contributed by atoms with Crippen molar-refractivity contribution in [3.63, 3.8) is 0 Å². The summed E-state index contributed by atoms with van der Waals surface area (Å²) < 4.78 is 27.2. The lowest BCUT2D eigenvalue weighted by Crippen LogP contribution is -2.53. The van der Waals surface area contributed by atoms with E-state index in [1.165, 1.54) is 32.2 Å². The number of ether oxygens (including phenoxy) is 5. The standard InChI is InChI=1S/C35H40N2O17/c1-16-30(41)19(36)12-25(53-16)54-21-14-35(46,22(38)15-51-24(40)9-8-23(39)50-10-3-4-11-52-37(47)48)13-18-27(21)34(45)29-28(32(18)43)31(42)17-6-5-7-20(49-2)26(17)33(29)44/h5-7,16,19,21,25,30,41,43,45-46H,3-4,8-15,36H2,1-2H3/t16-,19-,21-,25-,30+,35-/m0/s1. The molecule has 0 unspecified atom stereocenters. The second-order valence-corrected chi connectivity index (χ2v) is 13.1. The number of rotatable bonds is 15. The van der Waals surface area contributed by atoms with Crippen molar-refractivity contribution in [2.75, 3.05) is 26.9 Å². The first-order chi connectivity index (χ1) is 25.6. The quantitative estimate of drug-likeness (QED) is 0.0472. The van der Waals surface area contributed by atoms with Gasteiger partial charge in [-0.15, -0.1) is 10.1 Å². The van der Waals surface area contributed by atoms with Gasteiger partial charge in [0, 0.05) is 42.0 Å². The van der Waals surface area contributed by atoms with Crippen LogP contribution in [0.3, 0.4) is 0 Å². The molecular formula is C35H40N2O17. The summed E-state index contributed by atoms with van der Waals surface area (Å²) in [7, 11) is 1.29. The number of phenols is 2. The van der Waals surface area contributed by atoms with E-state index in [0.717, 1.165) is 0 Å². The number of phenolic OH excluding ortho intramolecular Hbond substituents is 2. The predicted molar refractivity (Wildman–Crippen MR) is 178 cm³/mol. The number of ketones is 3. The molecule has 0 aromatic heterocycles. The normalized spacial score (nSPS) is 24.4. The molecule has 1 aliphatic heterocycles. The van der Waals surface area contributed by atoms with E-state index in [0.29, 0.717) is 0 Å². The zero-order valence-electron chi connectivity index (χ0n) is 29.3. The molecule has 0 saturated carbocycles. The fourth-order valence-electron chi connectivity index (χ4n) is 6.76. The number of unbranched alkanes of at least 4 members (excludes halogenated alkanes) is 1. The third kappa shape index (κ3) is 8.14. The van der Waals surface area contributed by atoms with Gasteiger partial charge in [0.05, 0.1) is 68.2 Å². The second kappa shape index (κ2) is 16.4. The van der Waals surface area contributed by atoms with Gasteiger partial charge in [-0.2, -0.15) is 0 Å². The molecule has 19 heteroatoms. The highest BCUT2D eigenvalue weighted by Gasteiger charge is 2.50. The molecule has 1 saturated heterocycles. The van der Waals surface area contributed by atoms with Crippen LogP contribution in [-0.4, -0.2) is 112 Å². The number of hydrogen-bond donors (Lipinski definition) is 5. The van der Waals surface area contributed by atoms with Gasteiger partial charge in [-0.1, -0.05) is 12.1 Å². The van der Waals surface area contributed by atoms with E-state index in [1.54, 1.807) is 0 Å². The van der Waals surface area contributed by atoms with E-state index in [9.17, 15) is 54.5 Å². The molecule has 2 aromatic carbocycles. The molecule has 54 heavy (non-hydrogen) atoms. The molecule has 292 valence electrons. The highest BCUT2D eigenvalue weighted by atomic mass is 16.9. The van der Waals surface area contributed by atoms with Crippen molar-refractivity contribution >= 4 is 29.3 Å². The van der Waals surface area contributed by atoms with Crippen LogP contribution in [-0.2, 0) is 44.6 Å². The highest BCUT2D eigenvalue weighted by molar-refractivity contribution is 6.31. The molecule has 0 spiro atoms. The molecule has 6 atom stereocenters.